The van der Waals surface area contributed by atoms with Crippen LogP contribution in [0.3, 0.4) is 0 Å². The van der Waals surface area contributed by atoms with Crippen molar-refractivity contribution in [3.63, 3.8) is 0 Å². The maximum Gasteiger partial charge on any atom is 0.123 e. The number of hydrogen-bond acceptors (Lipinski definition) is 2. The van der Waals surface area contributed by atoms with E-state index in [9.17, 15) is 4.39 Å². The maximum absolute atomic E-state index is 13.2. The summed E-state index contributed by atoms with van der Waals surface area (Å²) in [7, 11) is 0. The van der Waals surface area contributed by atoms with Crippen LogP contribution in [-0.2, 0) is 6.54 Å². The van der Waals surface area contributed by atoms with Gasteiger partial charge in [0.1, 0.15) is 5.82 Å². The van der Waals surface area contributed by atoms with Crippen molar-refractivity contribution in [3.8, 4) is 0 Å². The number of nitrogens with zero attached hydrogens (tertiary/aromatic N) is 1. The van der Waals surface area contributed by atoms with Gasteiger partial charge in [0.05, 0.1) is 0 Å². The Balaban J connectivity index is 1.95. The molecule has 0 bridgehead atoms. The summed E-state index contributed by atoms with van der Waals surface area (Å²) in [4.78, 5) is 2.34. The molecule has 1 heterocycles. The number of aliphatic hydroxyl groups excluding tert-OH is 1. The topological polar surface area (TPSA) is 23.5 Å². The van der Waals surface area contributed by atoms with Crippen molar-refractivity contribution in [3.05, 3.63) is 35.1 Å². The lowest BCUT2D eigenvalue weighted by molar-refractivity contribution is 0.127. The van der Waals surface area contributed by atoms with Crippen LogP contribution >= 0.6 is 0 Å². The van der Waals surface area contributed by atoms with Crippen LogP contribution in [0.25, 0.3) is 0 Å². The van der Waals surface area contributed by atoms with Gasteiger partial charge in [0.15, 0.2) is 0 Å². The van der Waals surface area contributed by atoms with Gasteiger partial charge in [0.25, 0.3) is 0 Å². The first-order valence-corrected chi connectivity index (χ1v) is 6.27. The largest absolute Gasteiger partial charge is 0.396 e. The molecule has 17 heavy (non-hydrogen) atoms. The molecule has 0 unspecified atom stereocenters. The van der Waals surface area contributed by atoms with Crippen molar-refractivity contribution in [2.75, 3.05) is 19.7 Å². The van der Waals surface area contributed by atoms with Crippen LogP contribution in [0.4, 0.5) is 4.39 Å². The fourth-order valence-electron chi connectivity index (χ4n) is 2.38. The molecule has 1 saturated heterocycles. The predicted octanol–water partition coefficient (Wildman–Crippen LogP) is 2.34. The van der Waals surface area contributed by atoms with Gasteiger partial charge in [-0.15, -0.1) is 0 Å². The van der Waals surface area contributed by atoms with E-state index in [2.05, 4.69) is 4.90 Å². The van der Waals surface area contributed by atoms with Gasteiger partial charge in [-0.05, 0) is 62.0 Å². The van der Waals surface area contributed by atoms with E-state index in [-0.39, 0.29) is 5.82 Å². The highest BCUT2D eigenvalue weighted by Gasteiger charge is 2.18. The predicted molar refractivity (Wildman–Crippen MR) is 66.2 cm³/mol. The lowest BCUT2D eigenvalue weighted by Crippen LogP contribution is -2.34. The third kappa shape index (κ3) is 3.27. The second-order valence-electron chi connectivity index (χ2n) is 4.97. The summed E-state index contributed by atoms with van der Waals surface area (Å²) in [6, 6.07) is 4.98. The van der Waals surface area contributed by atoms with Gasteiger partial charge in [-0.2, -0.15) is 0 Å². The summed E-state index contributed by atoms with van der Waals surface area (Å²) >= 11 is 0. The van der Waals surface area contributed by atoms with Crippen molar-refractivity contribution in [2.45, 2.75) is 26.3 Å². The highest BCUT2D eigenvalue weighted by molar-refractivity contribution is 5.26. The molecule has 0 radical (unpaired) electrons. The average Bonchev–Trinajstić information content (AvgIpc) is 2.35. The zero-order valence-corrected chi connectivity index (χ0v) is 10.3. The molecule has 1 fully saturated rings. The van der Waals surface area contributed by atoms with Crippen LogP contribution in [0.5, 0.6) is 0 Å². The molecule has 0 spiro atoms. The van der Waals surface area contributed by atoms with Crippen LogP contribution in [0, 0.1) is 18.7 Å². The van der Waals surface area contributed by atoms with Crippen LogP contribution < -0.4 is 0 Å². The van der Waals surface area contributed by atoms with E-state index >= 15 is 0 Å². The normalized spacial score (nSPS) is 18.5. The van der Waals surface area contributed by atoms with Crippen LogP contribution in [0.15, 0.2) is 18.2 Å². The first kappa shape index (κ1) is 12.5. The molecule has 1 aromatic carbocycles. The molecule has 0 aromatic heterocycles. The summed E-state index contributed by atoms with van der Waals surface area (Å²) in [5.74, 6) is 0.302. The van der Waals surface area contributed by atoms with Crippen molar-refractivity contribution < 1.29 is 9.50 Å². The molecular formula is C14H20FNO. The number of rotatable bonds is 3. The number of likely N-dealkylation sites (tertiary alicyclic amines) is 1. The number of hydrogen-bond donors (Lipinski definition) is 1. The third-order valence-electron chi connectivity index (χ3n) is 3.67. The van der Waals surface area contributed by atoms with Gasteiger partial charge in [-0.3, -0.25) is 4.90 Å². The Bertz CT molecular complexity index is 372. The quantitative estimate of drug-likeness (QED) is 0.872. The monoisotopic (exact) mass is 237 g/mol. The molecular weight excluding hydrogens is 217 g/mol. The Hall–Kier alpha value is -0.930. The second kappa shape index (κ2) is 5.61. The Labute approximate surface area is 102 Å². The second-order valence-corrected chi connectivity index (χ2v) is 4.97. The first-order valence-electron chi connectivity index (χ1n) is 6.27. The standard InChI is InChI=1S/C14H20FNO/c1-11-2-3-14(15)8-13(11)9-16-6-4-12(10-17)5-7-16/h2-3,8,12,17H,4-7,9-10H2,1H3. The Morgan fingerprint density at radius 2 is 2.06 bits per heavy atom. The van der Waals surface area contributed by atoms with E-state index in [4.69, 9.17) is 5.11 Å². The van der Waals surface area contributed by atoms with Gasteiger partial charge < -0.3 is 5.11 Å². The van der Waals surface area contributed by atoms with Crippen LogP contribution in [0.1, 0.15) is 24.0 Å². The van der Waals surface area contributed by atoms with E-state index in [1.54, 1.807) is 6.07 Å². The number of aliphatic hydroxyl groups is 1. The molecule has 1 aromatic rings. The molecule has 0 amide bonds. The van der Waals surface area contributed by atoms with Crippen molar-refractivity contribution in [2.24, 2.45) is 5.92 Å². The van der Waals surface area contributed by atoms with E-state index in [0.717, 1.165) is 43.6 Å². The lowest BCUT2D eigenvalue weighted by atomic mass is 9.97. The SMILES string of the molecule is Cc1ccc(F)cc1CN1CCC(CO)CC1. The molecule has 3 heteroatoms. The summed E-state index contributed by atoms with van der Waals surface area (Å²) < 4.78 is 13.2. The molecule has 0 atom stereocenters. The third-order valence-corrected chi connectivity index (χ3v) is 3.67. The van der Waals surface area contributed by atoms with Gasteiger partial charge in [-0.1, -0.05) is 6.07 Å². The van der Waals surface area contributed by atoms with E-state index < -0.39 is 0 Å². The summed E-state index contributed by atoms with van der Waals surface area (Å²) in [6.07, 6.45) is 2.09. The molecule has 0 aliphatic carbocycles. The van der Waals surface area contributed by atoms with Crippen LogP contribution in [0.2, 0.25) is 0 Å². The lowest BCUT2D eigenvalue weighted by Gasteiger charge is -2.31. The van der Waals surface area contributed by atoms with Crippen molar-refractivity contribution in [1.29, 1.82) is 0 Å². The van der Waals surface area contributed by atoms with Crippen LogP contribution in [-0.4, -0.2) is 29.7 Å². The summed E-state index contributed by atoms with van der Waals surface area (Å²) in [5.41, 5.74) is 2.23. The smallest absolute Gasteiger partial charge is 0.123 e. The number of piperidine rings is 1. The molecule has 1 aliphatic heterocycles. The fraction of sp³-hybridized carbons (Fsp3) is 0.571. The molecule has 94 valence electrons. The van der Waals surface area contributed by atoms with E-state index in [0.29, 0.717) is 12.5 Å². The maximum atomic E-state index is 13.2. The minimum absolute atomic E-state index is 0.157. The minimum atomic E-state index is -0.157. The van der Waals surface area contributed by atoms with Gasteiger partial charge in [0, 0.05) is 13.2 Å². The molecule has 1 aliphatic rings. The zero-order valence-electron chi connectivity index (χ0n) is 10.3. The van der Waals surface area contributed by atoms with Gasteiger partial charge >= 0.3 is 0 Å². The fourth-order valence-corrected chi connectivity index (χ4v) is 2.38. The summed E-state index contributed by atoms with van der Waals surface area (Å²) in [6.45, 7) is 5.15. The van der Waals surface area contributed by atoms with Crippen molar-refractivity contribution >= 4 is 0 Å². The minimum Gasteiger partial charge on any atom is -0.396 e. The highest BCUT2D eigenvalue weighted by atomic mass is 19.1. The number of benzene rings is 1. The summed E-state index contributed by atoms with van der Waals surface area (Å²) in [5, 5.41) is 9.08. The molecule has 2 nitrogen and oxygen atoms in total. The number of aryl methyl sites for hydroxylation is 1. The van der Waals surface area contributed by atoms with E-state index in [1.165, 1.54) is 6.07 Å². The zero-order chi connectivity index (χ0) is 12.3. The Morgan fingerprint density at radius 3 is 2.71 bits per heavy atom. The Morgan fingerprint density at radius 1 is 1.35 bits per heavy atom. The van der Waals surface area contributed by atoms with E-state index in [1.807, 2.05) is 13.0 Å². The first-order chi connectivity index (χ1) is 8.19. The average molecular weight is 237 g/mol. The van der Waals surface area contributed by atoms with Gasteiger partial charge in [-0.25, -0.2) is 4.39 Å². The molecule has 2 rings (SSSR count). The van der Waals surface area contributed by atoms with Gasteiger partial charge in [0.2, 0.25) is 0 Å². The number of halogens is 1. The highest BCUT2D eigenvalue weighted by Crippen LogP contribution is 2.20. The molecule has 0 saturated carbocycles. The van der Waals surface area contributed by atoms with Crippen molar-refractivity contribution in [1.82, 2.24) is 4.90 Å². The molecule has 1 N–H and O–H groups in total. The Kier molecular flexibility index (Phi) is 4.13.